The van der Waals surface area contributed by atoms with E-state index in [9.17, 15) is 0 Å². The van der Waals surface area contributed by atoms with Crippen LogP contribution in [0.1, 0.15) is 43.9 Å². The van der Waals surface area contributed by atoms with Crippen LogP contribution in [0, 0.1) is 5.41 Å². The molecular weight excluding hydrogens is 224 g/mol. The van der Waals surface area contributed by atoms with Crippen molar-refractivity contribution < 1.29 is 0 Å². The van der Waals surface area contributed by atoms with E-state index in [0.717, 1.165) is 6.54 Å². The molecule has 0 aromatic carbocycles. The second-order valence-corrected chi connectivity index (χ2v) is 5.13. The lowest BCUT2D eigenvalue weighted by Crippen LogP contribution is -2.32. The summed E-state index contributed by atoms with van der Waals surface area (Å²) in [5.41, 5.74) is 7.25. The van der Waals surface area contributed by atoms with Crippen LogP contribution in [0.4, 0.5) is 0 Å². The number of pyridine rings is 1. The van der Waals surface area contributed by atoms with Gasteiger partial charge in [-0.15, -0.1) is 0 Å². The summed E-state index contributed by atoms with van der Waals surface area (Å²) >= 11 is 0. The minimum atomic E-state index is 0.0424. The third-order valence-electron chi connectivity index (χ3n) is 3.68. The van der Waals surface area contributed by atoms with Crippen molar-refractivity contribution in [1.29, 1.82) is 5.41 Å². The summed E-state index contributed by atoms with van der Waals surface area (Å²) in [6.07, 6.45) is 7.00. The molecule has 0 radical (unpaired) electrons. The van der Waals surface area contributed by atoms with Crippen LogP contribution in [-0.2, 0) is 6.54 Å². The van der Waals surface area contributed by atoms with Crippen LogP contribution < -0.4 is 5.73 Å². The fourth-order valence-corrected chi connectivity index (χ4v) is 2.52. The molecule has 98 valence electrons. The average Bonchev–Trinajstić information content (AvgIpc) is 2.55. The van der Waals surface area contributed by atoms with E-state index < -0.39 is 0 Å². The Hall–Kier alpha value is -1.42. The number of nitrogens with one attached hydrogen (secondary N) is 1. The molecule has 1 saturated heterocycles. The van der Waals surface area contributed by atoms with Gasteiger partial charge in [0.25, 0.3) is 0 Å². The minimum Gasteiger partial charge on any atom is -0.382 e. The van der Waals surface area contributed by atoms with Gasteiger partial charge in [0.15, 0.2) is 0 Å². The number of nitrogen functional groups attached to an aromatic ring is 1. The Morgan fingerprint density at radius 3 is 3.11 bits per heavy atom. The van der Waals surface area contributed by atoms with Crippen molar-refractivity contribution >= 4 is 5.84 Å². The third-order valence-corrected chi connectivity index (χ3v) is 3.68. The van der Waals surface area contributed by atoms with Crippen LogP contribution in [0.3, 0.4) is 0 Å². The first-order valence-electron chi connectivity index (χ1n) is 6.70. The Kier molecular flexibility index (Phi) is 4.31. The fourth-order valence-electron chi connectivity index (χ4n) is 2.52. The Bertz CT molecular complexity index is 416. The lowest BCUT2D eigenvalue weighted by atomic mass is 10.1. The molecular formula is C14H22N4. The first-order valence-corrected chi connectivity index (χ1v) is 6.70. The van der Waals surface area contributed by atoms with Gasteiger partial charge in [0.2, 0.25) is 0 Å². The highest BCUT2D eigenvalue weighted by atomic mass is 15.1. The lowest BCUT2D eigenvalue weighted by Gasteiger charge is -2.26. The van der Waals surface area contributed by atoms with Gasteiger partial charge in [0.1, 0.15) is 11.5 Å². The number of aromatic nitrogens is 1. The molecule has 4 nitrogen and oxygen atoms in total. The first kappa shape index (κ1) is 13.0. The van der Waals surface area contributed by atoms with Gasteiger partial charge in [0, 0.05) is 18.8 Å². The van der Waals surface area contributed by atoms with Gasteiger partial charge in [-0.1, -0.05) is 12.8 Å². The molecule has 0 spiro atoms. The van der Waals surface area contributed by atoms with Crippen molar-refractivity contribution in [3.05, 3.63) is 29.6 Å². The lowest BCUT2D eigenvalue weighted by molar-refractivity contribution is 0.205. The summed E-state index contributed by atoms with van der Waals surface area (Å²) in [7, 11) is 0. The molecule has 0 saturated carbocycles. The monoisotopic (exact) mass is 246 g/mol. The van der Waals surface area contributed by atoms with E-state index in [1.807, 2.05) is 12.1 Å². The molecule has 1 unspecified atom stereocenters. The highest BCUT2D eigenvalue weighted by molar-refractivity contribution is 5.93. The van der Waals surface area contributed by atoms with E-state index in [-0.39, 0.29) is 5.84 Å². The molecule has 1 aromatic rings. The summed E-state index contributed by atoms with van der Waals surface area (Å²) in [4.78, 5) is 6.62. The smallest absolute Gasteiger partial charge is 0.141 e. The second-order valence-electron chi connectivity index (χ2n) is 5.13. The van der Waals surface area contributed by atoms with Crippen molar-refractivity contribution in [1.82, 2.24) is 9.88 Å². The number of nitrogens with two attached hydrogens (primary N) is 1. The maximum atomic E-state index is 7.43. The Morgan fingerprint density at radius 2 is 2.33 bits per heavy atom. The molecule has 1 aliphatic heterocycles. The number of rotatable bonds is 3. The van der Waals surface area contributed by atoms with Gasteiger partial charge in [-0.2, -0.15) is 0 Å². The first-order chi connectivity index (χ1) is 8.66. The van der Waals surface area contributed by atoms with Gasteiger partial charge in [0.05, 0.1) is 0 Å². The highest BCUT2D eigenvalue weighted by Crippen LogP contribution is 2.18. The zero-order valence-electron chi connectivity index (χ0n) is 11.0. The molecule has 2 heterocycles. The van der Waals surface area contributed by atoms with E-state index in [2.05, 4.69) is 16.8 Å². The van der Waals surface area contributed by atoms with E-state index in [4.69, 9.17) is 11.1 Å². The Morgan fingerprint density at radius 1 is 1.50 bits per heavy atom. The van der Waals surface area contributed by atoms with Crippen molar-refractivity contribution in [3.8, 4) is 0 Å². The maximum Gasteiger partial charge on any atom is 0.141 e. The van der Waals surface area contributed by atoms with Gasteiger partial charge in [-0.25, -0.2) is 0 Å². The van der Waals surface area contributed by atoms with Crippen molar-refractivity contribution in [3.63, 3.8) is 0 Å². The second kappa shape index (κ2) is 5.96. The summed E-state index contributed by atoms with van der Waals surface area (Å²) in [5.74, 6) is 0.0424. The standard InChI is InChI=1S/C14H22N4/c1-11-5-3-2-4-8-18(11)10-12-6-7-17-13(9-12)14(15)16/h6-7,9,11H,2-5,8,10H2,1H3,(H3,15,16). The normalized spacial score (nSPS) is 21.5. The molecule has 1 atom stereocenters. The Balaban J connectivity index is 2.07. The van der Waals surface area contributed by atoms with Crippen LogP contribution in [-0.4, -0.2) is 28.3 Å². The molecule has 4 heteroatoms. The number of amidine groups is 1. The number of hydrogen-bond donors (Lipinski definition) is 2. The molecule has 1 aromatic heterocycles. The SMILES string of the molecule is CC1CCCCCN1Cc1ccnc(C(=N)N)c1. The molecule has 0 aliphatic carbocycles. The zero-order valence-corrected chi connectivity index (χ0v) is 11.0. The van der Waals surface area contributed by atoms with Crippen LogP contribution in [0.15, 0.2) is 18.3 Å². The van der Waals surface area contributed by atoms with Gasteiger partial charge in [-0.05, 0) is 44.0 Å². The van der Waals surface area contributed by atoms with Gasteiger partial charge in [-0.3, -0.25) is 15.3 Å². The molecule has 1 fully saturated rings. The van der Waals surface area contributed by atoms with Crippen molar-refractivity contribution in [2.75, 3.05) is 6.54 Å². The van der Waals surface area contributed by atoms with E-state index in [1.54, 1.807) is 6.20 Å². The average molecular weight is 246 g/mol. The van der Waals surface area contributed by atoms with Crippen LogP contribution in [0.25, 0.3) is 0 Å². The summed E-state index contributed by atoms with van der Waals surface area (Å²) in [5, 5.41) is 7.43. The molecule has 3 N–H and O–H groups in total. The maximum absolute atomic E-state index is 7.43. The minimum absolute atomic E-state index is 0.0424. The quantitative estimate of drug-likeness (QED) is 0.634. The molecule has 0 amide bonds. The highest BCUT2D eigenvalue weighted by Gasteiger charge is 2.17. The van der Waals surface area contributed by atoms with Crippen LogP contribution in [0.2, 0.25) is 0 Å². The molecule has 1 aliphatic rings. The zero-order chi connectivity index (χ0) is 13.0. The predicted octanol–water partition coefficient (Wildman–Crippen LogP) is 2.13. The number of likely N-dealkylation sites (tertiary alicyclic amines) is 1. The molecule has 0 bridgehead atoms. The van der Waals surface area contributed by atoms with E-state index in [0.29, 0.717) is 11.7 Å². The molecule has 2 rings (SSSR count). The summed E-state index contributed by atoms with van der Waals surface area (Å²) < 4.78 is 0. The third kappa shape index (κ3) is 3.29. The molecule has 18 heavy (non-hydrogen) atoms. The van der Waals surface area contributed by atoms with Crippen molar-refractivity contribution in [2.45, 2.75) is 45.2 Å². The largest absolute Gasteiger partial charge is 0.382 e. The summed E-state index contributed by atoms with van der Waals surface area (Å²) in [6.45, 7) is 4.40. The van der Waals surface area contributed by atoms with Crippen molar-refractivity contribution in [2.24, 2.45) is 5.73 Å². The Labute approximate surface area is 109 Å². The number of hydrogen-bond acceptors (Lipinski definition) is 3. The number of nitrogens with zero attached hydrogens (tertiary/aromatic N) is 2. The van der Waals surface area contributed by atoms with Crippen LogP contribution in [0.5, 0.6) is 0 Å². The van der Waals surface area contributed by atoms with Gasteiger partial charge < -0.3 is 5.73 Å². The van der Waals surface area contributed by atoms with Gasteiger partial charge >= 0.3 is 0 Å². The van der Waals surface area contributed by atoms with E-state index in [1.165, 1.54) is 37.8 Å². The topological polar surface area (TPSA) is 66.0 Å². The fraction of sp³-hybridized carbons (Fsp3) is 0.571. The predicted molar refractivity (Wildman–Crippen MR) is 73.6 cm³/mol. The van der Waals surface area contributed by atoms with Crippen LogP contribution >= 0.6 is 0 Å². The summed E-state index contributed by atoms with van der Waals surface area (Å²) in [6, 6.07) is 4.59. The van der Waals surface area contributed by atoms with E-state index >= 15 is 0 Å².